The molecule has 0 bridgehead atoms. The fourth-order valence-corrected chi connectivity index (χ4v) is 1.35. The molecule has 1 aromatic rings. The highest BCUT2D eigenvalue weighted by atomic mass is 16.5. The lowest BCUT2D eigenvalue weighted by atomic mass is 10.1. The number of ether oxygens (including phenoxy) is 2. The van der Waals surface area contributed by atoms with Crippen molar-refractivity contribution in [3.05, 3.63) is 35.4 Å². The molecule has 4 nitrogen and oxygen atoms in total. The molecule has 18 heavy (non-hydrogen) atoms. The van der Waals surface area contributed by atoms with Crippen LogP contribution in [0.25, 0.3) is 0 Å². The molecule has 0 aliphatic carbocycles. The van der Waals surface area contributed by atoms with E-state index in [1.807, 2.05) is 26.0 Å². The molecule has 0 fully saturated rings. The van der Waals surface area contributed by atoms with E-state index in [9.17, 15) is 4.79 Å². The van der Waals surface area contributed by atoms with Crippen LogP contribution in [-0.4, -0.2) is 25.3 Å². The smallest absolute Gasteiger partial charge is 0.338 e. The van der Waals surface area contributed by atoms with Crippen LogP contribution >= 0.6 is 0 Å². The van der Waals surface area contributed by atoms with Gasteiger partial charge in [0, 0.05) is 20.1 Å². The number of esters is 1. The molecule has 0 aliphatic heterocycles. The van der Waals surface area contributed by atoms with Gasteiger partial charge >= 0.3 is 5.97 Å². The Balaban J connectivity index is 2.45. The Labute approximate surface area is 108 Å². The van der Waals surface area contributed by atoms with Crippen LogP contribution < -0.4 is 5.73 Å². The monoisotopic (exact) mass is 251 g/mol. The summed E-state index contributed by atoms with van der Waals surface area (Å²) in [7, 11) is 1.65. The lowest BCUT2D eigenvalue weighted by molar-refractivity contribution is -0.00563. The molecule has 2 N–H and O–H groups in total. The van der Waals surface area contributed by atoms with Crippen molar-refractivity contribution in [3.8, 4) is 0 Å². The quantitative estimate of drug-likeness (QED) is 0.787. The minimum Gasteiger partial charge on any atom is -0.462 e. The van der Waals surface area contributed by atoms with Crippen molar-refractivity contribution in [3.63, 3.8) is 0 Å². The van der Waals surface area contributed by atoms with Crippen LogP contribution in [0.3, 0.4) is 0 Å². The van der Waals surface area contributed by atoms with Gasteiger partial charge in [0.05, 0.1) is 17.8 Å². The number of rotatable bonds is 6. The Kier molecular flexibility index (Phi) is 5.31. The fraction of sp³-hybridized carbons (Fsp3) is 0.500. The lowest BCUT2D eigenvalue weighted by Gasteiger charge is -2.22. The van der Waals surface area contributed by atoms with Crippen LogP contribution in [0.4, 0.5) is 0 Å². The van der Waals surface area contributed by atoms with Gasteiger partial charge < -0.3 is 15.2 Å². The first-order valence-electron chi connectivity index (χ1n) is 6.00. The summed E-state index contributed by atoms with van der Waals surface area (Å²) in [6.07, 6.45) is 0.663. The number of nitrogens with two attached hydrogens (primary N) is 1. The van der Waals surface area contributed by atoms with Gasteiger partial charge in [0.25, 0.3) is 0 Å². The summed E-state index contributed by atoms with van der Waals surface area (Å²) in [5.41, 5.74) is 6.75. The fourth-order valence-electron chi connectivity index (χ4n) is 1.35. The second kappa shape index (κ2) is 6.52. The Morgan fingerprint density at radius 2 is 1.89 bits per heavy atom. The summed E-state index contributed by atoms with van der Waals surface area (Å²) in [6, 6.07) is 7.11. The van der Waals surface area contributed by atoms with E-state index in [1.165, 1.54) is 0 Å². The third kappa shape index (κ3) is 4.47. The molecule has 0 radical (unpaired) electrons. The third-order valence-corrected chi connectivity index (χ3v) is 2.92. The number of hydrogen-bond acceptors (Lipinski definition) is 4. The molecule has 1 aromatic carbocycles. The summed E-state index contributed by atoms with van der Waals surface area (Å²) in [5.74, 6) is -0.314. The molecule has 0 saturated heterocycles. The van der Waals surface area contributed by atoms with E-state index in [2.05, 4.69) is 0 Å². The average molecular weight is 251 g/mol. The third-order valence-electron chi connectivity index (χ3n) is 2.92. The summed E-state index contributed by atoms with van der Waals surface area (Å²) < 4.78 is 10.4. The number of methoxy groups -OCH3 is 1. The van der Waals surface area contributed by atoms with Crippen LogP contribution in [-0.2, 0) is 16.0 Å². The van der Waals surface area contributed by atoms with Gasteiger partial charge in [-0.05, 0) is 31.5 Å². The molecule has 0 atom stereocenters. The van der Waals surface area contributed by atoms with Gasteiger partial charge in [0.2, 0.25) is 0 Å². The first-order chi connectivity index (χ1) is 8.48. The Bertz CT molecular complexity index is 385. The highest BCUT2D eigenvalue weighted by Crippen LogP contribution is 2.13. The van der Waals surface area contributed by atoms with E-state index in [0.29, 0.717) is 25.1 Å². The van der Waals surface area contributed by atoms with Crippen molar-refractivity contribution >= 4 is 5.97 Å². The molecule has 4 heteroatoms. The molecule has 0 aromatic heterocycles. The first-order valence-corrected chi connectivity index (χ1v) is 6.00. The molecular formula is C14H21NO3. The second-order valence-corrected chi connectivity index (χ2v) is 4.75. The van der Waals surface area contributed by atoms with Gasteiger partial charge in [-0.2, -0.15) is 0 Å². The van der Waals surface area contributed by atoms with Crippen LogP contribution in [0, 0.1) is 0 Å². The van der Waals surface area contributed by atoms with E-state index in [-0.39, 0.29) is 11.6 Å². The molecule has 0 amide bonds. The minimum atomic E-state index is -0.314. The van der Waals surface area contributed by atoms with Gasteiger partial charge in [0.15, 0.2) is 0 Å². The normalized spacial score (nSPS) is 11.3. The molecule has 100 valence electrons. The molecule has 0 unspecified atom stereocenters. The van der Waals surface area contributed by atoms with Gasteiger partial charge in [-0.3, -0.25) is 0 Å². The molecule has 0 aliphatic rings. The van der Waals surface area contributed by atoms with Crippen molar-refractivity contribution < 1.29 is 14.3 Å². The Morgan fingerprint density at radius 3 is 2.39 bits per heavy atom. The molecule has 0 spiro atoms. The molecule has 1 rings (SSSR count). The van der Waals surface area contributed by atoms with E-state index < -0.39 is 0 Å². The molecular weight excluding hydrogens is 230 g/mol. The van der Waals surface area contributed by atoms with E-state index in [1.54, 1.807) is 19.2 Å². The standard InChI is InChI=1S/C14H21NO3/c1-14(2,17-3)8-9-18-13(16)12-6-4-11(10-15)5-7-12/h4-7H,8-10,15H2,1-3H3. The minimum absolute atomic E-state index is 0.274. The van der Waals surface area contributed by atoms with Crippen LogP contribution in [0.2, 0.25) is 0 Å². The number of benzene rings is 1. The largest absolute Gasteiger partial charge is 0.462 e. The maximum absolute atomic E-state index is 11.7. The zero-order chi connectivity index (χ0) is 13.6. The van der Waals surface area contributed by atoms with Gasteiger partial charge in [-0.1, -0.05) is 12.1 Å². The van der Waals surface area contributed by atoms with Crippen molar-refractivity contribution in [1.82, 2.24) is 0 Å². The lowest BCUT2D eigenvalue weighted by Crippen LogP contribution is -2.25. The van der Waals surface area contributed by atoms with Gasteiger partial charge in [-0.25, -0.2) is 4.79 Å². The number of hydrogen-bond donors (Lipinski definition) is 1. The van der Waals surface area contributed by atoms with E-state index >= 15 is 0 Å². The first kappa shape index (κ1) is 14.7. The zero-order valence-corrected chi connectivity index (χ0v) is 11.2. The second-order valence-electron chi connectivity index (χ2n) is 4.75. The number of carbonyl (C=O) groups is 1. The summed E-state index contributed by atoms with van der Waals surface area (Å²) in [6.45, 7) is 4.73. The van der Waals surface area contributed by atoms with Crippen LogP contribution in [0.15, 0.2) is 24.3 Å². The average Bonchev–Trinajstić information content (AvgIpc) is 2.38. The Morgan fingerprint density at radius 1 is 1.28 bits per heavy atom. The Hall–Kier alpha value is -1.39. The number of carbonyl (C=O) groups excluding carboxylic acids is 1. The summed E-state index contributed by atoms with van der Waals surface area (Å²) in [5, 5.41) is 0. The maximum atomic E-state index is 11.7. The van der Waals surface area contributed by atoms with E-state index in [4.69, 9.17) is 15.2 Å². The van der Waals surface area contributed by atoms with Crippen molar-refractivity contribution in [2.24, 2.45) is 5.73 Å². The maximum Gasteiger partial charge on any atom is 0.338 e. The van der Waals surface area contributed by atoms with E-state index in [0.717, 1.165) is 5.56 Å². The highest BCUT2D eigenvalue weighted by molar-refractivity contribution is 5.89. The topological polar surface area (TPSA) is 61.5 Å². The van der Waals surface area contributed by atoms with Crippen LogP contribution in [0.1, 0.15) is 36.2 Å². The predicted molar refractivity (Wildman–Crippen MR) is 70.3 cm³/mol. The van der Waals surface area contributed by atoms with Crippen molar-refractivity contribution in [2.45, 2.75) is 32.4 Å². The predicted octanol–water partition coefficient (Wildman–Crippen LogP) is 2.12. The molecule has 0 heterocycles. The SMILES string of the molecule is COC(C)(C)CCOC(=O)c1ccc(CN)cc1. The van der Waals surface area contributed by atoms with Crippen LogP contribution in [0.5, 0.6) is 0 Å². The van der Waals surface area contributed by atoms with Crippen molar-refractivity contribution in [1.29, 1.82) is 0 Å². The highest BCUT2D eigenvalue weighted by Gasteiger charge is 2.17. The van der Waals surface area contributed by atoms with Crippen molar-refractivity contribution in [2.75, 3.05) is 13.7 Å². The molecule has 0 saturated carbocycles. The summed E-state index contributed by atoms with van der Waals surface area (Å²) >= 11 is 0. The van der Waals surface area contributed by atoms with Gasteiger partial charge in [-0.15, -0.1) is 0 Å². The zero-order valence-electron chi connectivity index (χ0n) is 11.2. The summed E-state index contributed by atoms with van der Waals surface area (Å²) in [4.78, 5) is 11.7. The van der Waals surface area contributed by atoms with Gasteiger partial charge in [0.1, 0.15) is 0 Å².